The number of aryl methyl sites for hydroxylation is 2. The maximum Gasteiger partial charge on any atom is 0.226 e. The maximum atomic E-state index is 8.94. The summed E-state index contributed by atoms with van der Waals surface area (Å²) in [7, 11) is 0. The molecule has 1 N–H and O–H groups in total. The Morgan fingerprint density at radius 3 is 2.75 bits per heavy atom. The fourth-order valence-corrected chi connectivity index (χ4v) is 1.72. The summed E-state index contributed by atoms with van der Waals surface area (Å²) in [5.41, 5.74) is 2.33. The summed E-state index contributed by atoms with van der Waals surface area (Å²) in [6.07, 6.45) is 0. The average Bonchev–Trinajstić information content (AvgIpc) is 2.41. The van der Waals surface area contributed by atoms with Crippen LogP contribution in [0.15, 0.2) is 24.3 Å². The summed E-state index contributed by atoms with van der Waals surface area (Å²) >= 11 is 0. The average molecular weight is 268 g/mol. The van der Waals surface area contributed by atoms with E-state index in [1.807, 2.05) is 26.8 Å². The normalized spacial score (nSPS) is 9.90. The van der Waals surface area contributed by atoms with Gasteiger partial charge in [-0.3, -0.25) is 0 Å². The van der Waals surface area contributed by atoms with Gasteiger partial charge in [0.15, 0.2) is 0 Å². The highest BCUT2D eigenvalue weighted by Crippen LogP contribution is 2.25. The number of rotatable bonds is 4. The highest BCUT2D eigenvalue weighted by Gasteiger charge is 2.07. The molecular weight excluding hydrogens is 252 g/mol. The molecule has 0 amide bonds. The maximum absolute atomic E-state index is 8.94. The van der Waals surface area contributed by atoms with Crippen molar-refractivity contribution in [2.75, 3.05) is 11.9 Å². The van der Waals surface area contributed by atoms with Crippen LogP contribution in [-0.2, 0) is 0 Å². The second-order valence-electron chi connectivity index (χ2n) is 4.40. The van der Waals surface area contributed by atoms with Gasteiger partial charge in [-0.2, -0.15) is 10.2 Å². The third-order valence-electron chi connectivity index (χ3n) is 2.70. The van der Waals surface area contributed by atoms with E-state index < -0.39 is 0 Å². The van der Waals surface area contributed by atoms with Gasteiger partial charge in [0.25, 0.3) is 0 Å². The first-order valence-electron chi connectivity index (χ1n) is 6.40. The molecule has 0 atom stereocenters. The van der Waals surface area contributed by atoms with Crippen molar-refractivity contribution in [2.45, 2.75) is 20.8 Å². The van der Waals surface area contributed by atoms with Crippen molar-refractivity contribution >= 4 is 5.95 Å². The number of benzene rings is 1. The number of anilines is 1. The zero-order valence-corrected chi connectivity index (χ0v) is 11.8. The van der Waals surface area contributed by atoms with Crippen molar-refractivity contribution in [2.24, 2.45) is 0 Å². The largest absolute Gasteiger partial charge is 0.439 e. The lowest BCUT2D eigenvalue weighted by Gasteiger charge is -2.10. The zero-order valence-electron chi connectivity index (χ0n) is 11.8. The van der Waals surface area contributed by atoms with Crippen molar-refractivity contribution in [3.05, 3.63) is 41.1 Å². The quantitative estimate of drug-likeness (QED) is 0.922. The predicted molar refractivity (Wildman–Crippen MR) is 76.9 cm³/mol. The molecule has 102 valence electrons. The Labute approximate surface area is 118 Å². The Balaban J connectivity index is 2.32. The lowest BCUT2D eigenvalue weighted by molar-refractivity contribution is 0.458. The van der Waals surface area contributed by atoms with Gasteiger partial charge in [-0.15, -0.1) is 0 Å². The van der Waals surface area contributed by atoms with Crippen molar-refractivity contribution in [3.63, 3.8) is 0 Å². The number of ether oxygens (including phenoxy) is 1. The molecule has 0 aliphatic heterocycles. The summed E-state index contributed by atoms with van der Waals surface area (Å²) in [6.45, 7) is 6.53. The number of hydrogen-bond donors (Lipinski definition) is 1. The molecule has 0 radical (unpaired) electrons. The van der Waals surface area contributed by atoms with Crippen LogP contribution in [0.5, 0.6) is 11.6 Å². The SMILES string of the molecule is CCNc1nc(C)cc(Oc2cc(C#N)ccc2C)n1. The fourth-order valence-electron chi connectivity index (χ4n) is 1.72. The Hall–Kier alpha value is -2.61. The number of nitrogens with one attached hydrogen (secondary N) is 1. The van der Waals surface area contributed by atoms with E-state index in [4.69, 9.17) is 10.00 Å². The van der Waals surface area contributed by atoms with Gasteiger partial charge < -0.3 is 10.1 Å². The van der Waals surface area contributed by atoms with Crippen LogP contribution in [0.2, 0.25) is 0 Å². The zero-order chi connectivity index (χ0) is 14.5. The van der Waals surface area contributed by atoms with Gasteiger partial charge in [0, 0.05) is 18.3 Å². The molecule has 0 spiro atoms. The monoisotopic (exact) mass is 268 g/mol. The van der Waals surface area contributed by atoms with Crippen LogP contribution >= 0.6 is 0 Å². The van der Waals surface area contributed by atoms with E-state index in [1.165, 1.54) is 0 Å². The van der Waals surface area contributed by atoms with Gasteiger partial charge in [0.1, 0.15) is 5.75 Å². The Morgan fingerprint density at radius 2 is 2.05 bits per heavy atom. The van der Waals surface area contributed by atoms with Crippen molar-refractivity contribution in [1.82, 2.24) is 9.97 Å². The molecule has 1 heterocycles. The summed E-state index contributed by atoms with van der Waals surface area (Å²) < 4.78 is 5.78. The summed E-state index contributed by atoms with van der Waals surface area (Å²) in [5, 5.41) is 12.0. The number of hydrogen-bond acceptors (Lipinski definition) is 5. The summed E-state index contributed by atoms with van der Waals surface area (Å²) in [4.78, 5) is 8.55. The molecule has 5 nitrogen and oxygen atoms in total. The summed E-state index contributed by atoms with van der Waals surface area (Å²) in [6, 6.07) is 9.19. The molecule has 0 unspecified atom stereocenters. The summed E-state index contributed by atoms with van der Waals surface area (Å²) in [5.74, 6) is 1.63. The van der Waals surface area contributed by atoms with Gasteiger partial charge in [0.05, 0.1) is 11.6 Å². The van der Waals surface area contributed by atoms with Crippen LogP contribution in [0.3, 0.4) is 0 Å². The smallest absolute Gasteiger partial charge is 0.226 e. The third kappa shape index (κ3) is 3.23. The van der Waals surface area contributed by atoms with Crippen LogP contribution in [0.4, 0.5) is 5.95 Å². The lowest BCUT2D eigenvalue weighted by atomic mass is 10.1. The van der Waals surface area contributed by atoms with E-state index in [1.54, 1.807) is 18.2 Å². The van der Waals surface area contributed by atoms with E-state index >= 15 is 0 Å². The minimum atomic E-state index is 0.464. The first kappa shape index (κ1) is 13.8. The van der Waals surface area contributed by atoms with Crippen LogP contribution in [0, 0.1) is 25.2 Å². The van der Waals surface area contributed by atoms with Crippen molar-refractivity contribution < 1.29 is 4.74 Å². The first-order chi connectivity index (χ1) is 9.62. The highest BCUT2D eigenvalue weighted by atomic mass is 16.5. The van der Waals surface area contributed by atoms with Gasteiger partial charge in [-0.05, 0) is 38.5 Å². The predicted octanol–water partition coefficient (Wildman–Crippen LogP) is 3.19. The van der Waals surface area contributed by atoms with E-state index in [2.05, 4.69) is 21.4 Å². The van der Waals surface area contributed by atoms with Gasteiger partial charge in [0.2, 0.25) is 11.8 Å². The molecule has 0 saturated heterocycles. The molecule has 2 aromatic rings. The van der Waals surface area contributed by atoms with Gasteiger partial charge in [-0.25, -0.2) is 4.98 Å². The first-order valence-corrected chi connectivity index (χ1v) is 6.40. The second-order valence-corrected chi connectivity index (χ2v) is 4.40. The Kier molecular flexibility index (Phi) is 4.16. The number of nitriles is 1. The molecule has 0 aliphatic rings. The molecule has 20 heavy (non-hydrogen) atoms. The number of nitrogens with zero attached hydrogens (tertiary/aromatic N) is 3. The molecule has 1 aromatic carbocycles. The van der Waals surface area contributed by atoms with E-state index in [9.17, 15) is 0 Å². The van der Waals surface area contributed by atoms with Crippen LogP contribution < -0.4 is 10.1 Å². The molecular formula is C15H16N4O. The minimum absolute atomic E-state index is 0.464. The van der Waals surface area contributed by atoms with Crippen molar-refractivity contribution in [1.29, 1.82) is 5.26 Å². The van der Waals surface area contributed by atoms with E-state index in [0.29, 0.717) is 23.1 Å². The van der Waals surface area contributed by atoms with Gasteiger partial charge >= 0.3 is 0 Å². The Morgan fingerprint density at radius 1 is 1.25 bits per heavy atom. The van der Waals surface area contributed by atoms with Crippen LogP contribution in [0.25, 0.3) is 0 Å². The molecule has 0 saturated carbocycles. The topological polar surface area (TPSA) is 70.8 Å². The molecule has 5 heteroatoms. The fraction of sp³-hybridized carbons (Fsp3) is 0.267. The second kappa shape index (κ2) is 6.02. The molecule has 1 aromatic heterocycles. The molecule has 0 aliphatic carbocycles. The van der Waals surface area contributed by atoms with Crippen LogP contribution in [0.1, 0.15) is 23.7 Å². The standard InChI is InChI=1S/C15H16N4O/c1-4-17-15-18-11(3)7-14(19-15)20-13-8-12(9-16)6-5-10(13)2/h5-8H,4H2,1-3H3,(H,17,18,19). The molecule has 0 fully saturated rings. The highest BCUT2D eigenvalue weighted by molar-refractivity contribution is 5.44. The lowest BCUT2D eigenvalue weighted by Crippen LogP contribution is -2.04. The van der Waals surface area contributed by atoms with Crippen molar-refractivity contribution in [3.8, 4) is 17.7 Å². The van der Waals surface area contributed by atoms with E-state index in [0.717, 1.165) is 17.8 Å². The van der Waals surface area contributed by atoms with Gasteiger partial charge in [-0.1, -0.05) is 6.07 Å². The van der Waals surface area contributed by atoms with Crippen LogP contribution in [-0.4, -0.2) is 16.5 Å². The number of aromatic nitrogens is 2. The third-order valence-corrected chi connectivity index (χ3v) is 2.70. The minimum Gasteiger partial charge on any atom is -0.439 e. The molecule has 0 bridgehead atoms. The Bertz CT molecular complexity index is 661. The van der Waals surface area contributed by atoms with E-state index in [-0.39, 0.29) is 0 Å². The molecule has 2 rings (SSSR count).